The molecule has 0 saturated heterocycles. The van der Waals surface area contributed by atoms with Gasteiger partial charge in [0, 0.05) is 10.4 Å². The number of hydrogen-bond donors (Lipinski definition) is 0. The van der Waals surface area contributed by atoms with Gasteiger partial charge in [0.25, 0.3) is 0 Å². The van der Waals surface area contributed by atoms with Gasteiger partial charge in [0.2, 0.25) is 0 Å². The Balaban J connectivity index is 2.57. The van der Waals surface area contributed by atoms with Crippen molar-refractivity contribution in [2.45, 2.75) is 18.8 Å². The van der Waals surface area contributed by atoms with Crippen LogP contribution >= 0.6 is 39.3 Å². The second kappa shape index (κ2) is 7.59. The zero-order valence-corrected chi connectivity index (χ0v) is 12.0. The molecule has 3 heteroatoms. The van der Waals surface area contributed by atoms with Crippen molar-refractivity contribution in [2.24, 2.45) is 0 Å². The highest BCUT2D eigenvalue weighted by Crippen LogP contribution is 2.25. The molecule has 0 bridgehead atoms. The summed E-state index contributed by atoms with van der Waals surface area (Å²) in [5, 5.41) is 0. The van der Waals surface area contributed by atoms with Crippen LogP contribution in [0.1, 0.15) is 24.3 Å². The molecule has 0 aromatic heterocycles. The van der Waals surface area contributed by atoms with E-state index in [1.807, 2.05) is 11.8 Å². The zero-order chi connectivity index (χ0) is 11.1. The minimum Gasteiger partial charge on any atom is -0.165 e. The van der Waals surface area contributed by atoms with E-state index in [0.29, 0.717) is 11.8 Å². The molecule has 0 aliphatic heterocycles. The summed E-state index contributed by atoms with van der Waals surface area (Å²) in [5.74, 6) is 2.43. The molecule has 1 aromatic rings. The number of rotatable bonds is 6. The van der Waals surface area contributed by atoms with Crippen molar-refractivity contribution in [1.29, 1.82) is 0 Å². The summed E-state index contributed by atoms with van der Waals surface area (Å²) in [7, 11) is 0. The van der Waals surface area contributed by atoms with Gasteiger partial charge in [0.1, 0.15) is 0 Å². The van der Waals surface area contributed by atoms with Gasteiger partial charge in [0.15, 0.2) is 0 Å². The second-order valence-electron chi connectivity index (χ2n) is 3.54. The fraction of sp³-hybridized carbons (Fsp3) is 0.500. The predicted octanol–water partition coefficient (Wildman–Crippen LogP) is 4.91. The average Bonchev–Trinajstić information content (AvgIpc) is 2.24. The van der Waals surface area contributed by atoms with Gasteiger partial charge in [-0.1, -0.05) is 28.1 Å². The Hall–Kier alpha value is 0.340. The summed E-state index contributed by atoms with van der Waals surface area (Å²) >= 11 is 11.4. The first-order chi connectivity index (χ1) is 7.27. The minimum atomic E-state index is 0.497. The van der Waals surface area contributed by atoms with E-state index < -0.39 is 0 Å². The van der Waals surface area contributed by atoms with Crippen molar-refractivity contribution >= 4 is 39.3 Å². The van der Waals surface area contributed by atoms with Gasteiger partial charge < -0.3 is 0 Å². The van der Waals surface area contributed by atoms with Crippen LogP contribution in [0, 0.1) is 0 Å². The molecule has 1 rings (SSSR count). The highest BCUT2D eigenvalue weighted by Gasteiger charge is 2.09. The maximum atomic E-state index is 6.01. The van der Waals surface area contributed by atoms with Crippen LogP contribution in [-0.4, -0.2) is 17.9 Å². The van der Waals surface area contributed by atoms with Gasteiger partial charge in [0.05, 0.1) is 0 Å². The van der Waals surface area contributed by atoms with Crippen molar-refractivity contribution < 1.29 is 0 Å². The lowest BCUT2D eigenvalue weighted by atomic mass is 9.96. The van der Waals surface area contributed by atoms with E-state index in [2.05, 4.69) is 46.5 Å². The summed E-state index contributed by atoms with van der Waals surface area (Å²) < 4.78 is 1.14. The van der Waals surface area contributed by atoms with Crippen molar-refractivity contribution in [1.82, 2.24) is 0 Å². The first-order valence-corrected chi connectivity index (χ1v) is 7.80. The quantitative estimate of drug-likeness (QED) is 0.531. The van der Waals surface area contributed by atoms with Crippen LogP contribution in [0.25, 0.3) is 0 Å². The molecule has 0 amide bonds. The number of thioether (sulfide) groups is 1. The molecule has 1 aromatic carbocycles. The predicted molar refractivity (Wildman–Crippen MR) is 75.2 cm³/mol. The van der Waals surface area contributed by atoms with Crippen LogP contribution < -0.4 is 0 Å². The average molecular weight is 308 g/mol. The van der Waals surface area contributed by atoms with E-state index in [1.165, 1.54) is 24.2 Å². The van der Waals surface area contributed by atoms with Gasteiger partial charge in [-0.3, -0.25) is 0 Å². The van der Waals surface area contributed by atoms with Crippen LogP contribution in [0.2, 0.25) is 0 Å². The molecule has 0 radical (unpaired) electrons. The molecule has 0 fully saturated rings. The number of benzene rings is 1. The van der Waals surface area contributed by atoms with E-state index in [1.54, 1.807) is 0 Å². The molecular weight excluding hydrogens is 292 g/mol. The normalized spacial score (nSPS) is 12.7. The third-order valence-electron chi connectivity index (χ3n) is 2.41. The third kappa shape index (κ3) is 4.80. The lowest BCUT2D eigenvalue weighted by Gasteiger charge is -2.14. The van der Waals surface area contributed by atoms with Crippen molar-refractivity contribution in [3.05, 3.63) is 34.3 Å². The molecule has 0 saturated carbocycles. The van der Waals surface area contributed by atoms with E-state index in [-0.39, 0.29) is 0 Å². The monoisotopic (exact) mass is 306 g/mol. The molecule has 0 heterocycles. The fourth-order valence-corrected chi connectivity index (χ4v) is 2.77. The van der Waals surface area contributed by atoms with Gasteiger partial charge >= 0.3 is 0 Å². The van der Waals surface area contributed by atoms with E-state index in [9.17, 15) is 0 Å². The Kier molecular flexibility index (Phi) is 6.78. The number of alkyl halides is 1. The van der Waals surface area contributed by atoms with Crippen LogP contribution in [0.5, 0.6) is 0 Å². The van der Waals surface area contributed by atoms with Crippen LogP contribution in [0.3, 0.4) is 0 Å². The molecule has 1 atom stereocenters. The Morgan fingerprint density at radius 2 is 2.27 bits per heavy atom. The summed E-state index contributed by atoms with van der Waals surface area (Å²) in [6.07, 6.45) is 4.57. The third-order valence-corrected chi connectivity index (χ3v) is 3.97. The maximum absolute atomic E-state index is 6.01. The molecular formula is C12H16BrClS. The molecule has 0 nitrogen and oxygen atoms in total. The van der Waals surface area contributed by atoms with E-state index in [4.69, 9.17) is 11.6 Å². The number of hydrogen-bond acceptors (Lipinski definition) is 1. The highest BCUT2D eigenvalue weighted by molar-refractivity contribution is 9.10. The molecule has 0 N–H and O–H groups in total. The highest BCUT2D eigenvalue weighted by atomic mass is 79.9. The minimum absolute atomic E-state index is 0.497. The molecule has 0 aliphatic rings. The SMILES string of the molecule is CSCCCC(CCl)c1cccc(Br)c1. The Morgan fingerprint density at radius 3 is 2.87 bits per heavy atom. The molecule has 0 aliphatic carbocycles. The van der Waals surface area contributed by atoms with E-state index in [0.717, 1.165) is 4.47 Å². The summed E-state index contributed by atoms with van der Waals surface area (Å²) in [5.41, 5.74) is 1.35. The van der Waals surface area contributed by atoms with Gasteiger partial charge in [-0.05, 0) is 48.5 Å². The van der Waals surface area contributed by atoms with E-state index >= 15 is 0 Å². The number of halogens is 2. The Labute approximate surface area is 110 Å². The first-order valence-electron chi connectivity index (χ1n) is 5.08. The van der Waals surface area contributed by atoms with Gasteiger partial charge in [-0.2, -0.15) is 11.8 Å². The van der Waals surface area contributed by atoms with Crippen molar-refractivity contribution in [3.8, 4) is 0 Å². The topological polar surface area (TPSA) is 0 Å². The van der Waals surface area contributed by atoms with Gasteiger partial charge in [-0.15, -0.1) is 11.6 Å². The van der Waals surface area contributed by atoms with Crippen LogP contribution in [-0.2, 0) is 0 Å². The smallest absolute Gasteiger partial charge is 0.0292 e. The van der Waals surface area contributed by atoms with Crippen molar-refractivity contribution in [2.75, 3.05) is 17.9 Å². The largest absolute Gasteiger partial charge is 0.165 e. The van der Waals surface area contributed by atoms with Crippen LogP contribution in [0.4, 0.5) is 0 Å². The lowest BCUT2D eigenvalue weighted by molar-refractivity contribution is 0.674. The Bertz CT molecular complexity index is 291. The molecule has 84 valence electrons. The molecule has 1 unspecified atom stereocenters. The van der Waals surface area contributed by atoms with Crippen molar-refractivity contribution in [3.63, 3.8) is 0 Å². The fourth-order valence-electron chi connectivity index (χ4n) is 1.57. The van der Waals surface area contributed by atoms with Gasteiger partial charge in [-0.25, -0.2) is 0 Å². The summed E-state index contributed by atoms with van der Waals surface area (Å²) in [6, 6.07) is 8.47. The lowest BCUT2D eigenvalue weighted by Crippen LogP contribution is -2.01. The maximum Gasteiger partial charge on any atom is 0.0292 e. The standard InChI is InChI=1S/C12H16BrClS/c1-15-7-3-5-11(9-14)10-4-2-6-12(13)8-10/h2,4,6,8,11H,3,5,7,9H2,1H3. The summed E-state index contributed by atoms with van der Waals surface area (Å²) in [6.45, 7) is 0. The van der Waals surface area contributed by atoms with Crippen LogP contribution in [0.15, 0.2) is 28.7 Å². The Morgan fingerprint density at radius 1 is 1.47 bits per heavy atom. The second-order valence-corrected chi connectivity index (χ2v) is 5.75. The molecule has 0 spiro atoms. The zero-order valence-electron chi connectivity index (χ0n) is 8.88. The molecule has 15 heavy (non-hydrogen) atoms. The summed E-state index contributed by atoms with van der Waals surface area (Å²) in [4.78, 5) is 0. The first kappa shape index (κ1) is 13.4.